The van der Waals surface area contributed by atoms with Gasteiger partial charge in [-0.3, -0.25) is 0 Å². The van der Waals surface area contributed by atoms with Gasteiger partial charge in [0.1, 0.15) is 11.4 Å². The maximum absolute atomic E-state index is 15.1. The second kappa shape index (κ2) is 5.90. The standard InChI is InChI=1S/C14H21FN2O3S/c1-16(2)21(18,19)17-9-7-14(15,8-10-17)12-5-4-6-13(11-12)20-3/h4-6,11H,7-10H2,1-3H3. The van der Waals surface area contributed by atoms with E-state index in [4.69, 9.17) is 4.74 Å². The first kappa shape index (κ1) is 16.2. The molecule has 0 atom stereocenters. The van der Waals surface area contributed by atoms with E-state index in [-0.39, 0.29) is 25.9 Å². The second-order valence-electron chi connectivity index (χ2n) is 5.39. The van der Waals surface area contributed by atoms with Gasteiger partial charge in [-0.1, -0.05) is 12.1 Å². The quantitative estimate of drug-likeness (QED) is 0.850. The average molecular weight is 316 g/mol. The van der Waals surface area contributed by atoms with E-state index in [1.807, 2.05) is 0 Å². The summed E-state index contributed by atoms with van der Waals surface area (Å²) >= 11 is 0. The summed E-state index contributed by atoms with van der Waals surface area (Å²) in [4.78, 5) is 0. The maximum Gasteiger partial charge on any atom is 0.281 e. The largest absolute Gasteiger partial charge is 0.497 e. The zero-order valence-electron chi connectivity index (χ0n) is 12.5. The van der Waals surface area contributed by atoms with Crippen LogP contribution in [0, 0.1) is 0 Å². The molecule has 0 bridgehead atoms. The number of methoxy groups -OCH3 is 1. The lowest BCUT2D eigenvalue weighted by atomic mass is 9.87. The van der Waals surface area contributed by atoms with Crippen molar-refractivity contribution in [2.24, 2.45) is 0 Å². The molecule has 0 saturated carbocycles. The molecule has 1 saturated heterocycles. The molecule has 1 aromatic carbocycles. The third-order valence-electron chi connectivity index (χ3n) is 3.89. The van der Waals surface area contributed by atoms with Gasteiger partial charge in [0.2, 0.25) is 0 Å². The van der Waals surface area contributed by atoms with Gasteiger partial charge < -0.3 is 4.74 Å². The first-order valence-corrected chi connectivity index (χ1v) is 8.20. The summed E-state index contributed by atoms with van der Waals surface area (Å²) in [5, 5.41) is 0. The molecule has 0 amide bonds. The van der Waals surface area contributed by atoms with Gasteiger partial charge >= 0.3 is 0 Å². The number of hydrogen-bond acceptors (Lipinski definition) is 3. The zero-order chi connectivity index (χ0) is 15.7. The van der Waals surface area contributed by atoms with E-state index in [0.29, 0.717) is 11.3 Å². The molecule has 1 aromatic rings. The first-order chi connectivity index (χ1) is 9.79. The third kappa shape index (κ3) is 3.20. The Kier molecular flexibility index (Phi) is 4.55. The highest BCUT2D eigenvalue weighted by Crippen LogP contribution is 2.38. The molecule has 1 aliphatic rings. The van der Waals surface area contributed by atoms with Crippen molar-refractivity contribution in [1.29, 1.82) is 0 Å². The van der Waals surface area contributed by atoms with Gasteiger partial charge in [0.15, 0.2) is 0 Å². The lowest BCUT2D eigenvalue weighted by molar-refractivity contribution is 0.0850. The lowest BCUT2D eigenvalue weighted by Gasteiger charge is -2.37. The summed E-state index contributed by atoms with van der Waals surface area (Å²) in [7, 11) is 1.03. The number of ether oxygens (including phenoxy) is 1. The number of rotatable bonds is 4. The Balaban J connectivity index is 2.15. The molecular weight excluding hydrogens is 295 g/mol. The molecule has 1 fully saturated rings. The van der Waals surface area contributed by atoms with Gasteiger partial charge in [0.05, 0.1) is 7.11 Å². The van der Waals surface area contributed by atoms with Crippen LogP contribution in [0.1, 0.15) is 18.4 Å². The molecule has 0 unspecified atom stereocenters. The van der Waals surface area contributed by atoms with E-state index in [9.17, 15) is 8.42 Å². The SMILES string of the molecule is COc1cccc(C2(F)CCN(S(=O)(=O)N(C)C)CC2)c1. The minimum atomic E-state index is -3.47. The Morgan fingerprint density at radius 3 is 2.43 bits per heavy atom. The average Bonchev–Trinajstić information content (AvgIpc) is 2.47. The number of piperidine rings is 1. The Hall–Kier alpha value is -1.18. The Labute approximate surface area is 125 Å². The van der Waals surface area contributed by atoms with E-state index in [2.05, 4.69) is 0 Å². The third-order valence-corrected chi connectivity index (χ3v) is 5.83. The number of benzene rings is 1. The van der Waals surface area contributed by atoms with Crippen molar-refractivity contribution in [3.63, 3.8) is 0 Å². The molecule has 1 heterocycles. The van der Waals surface area contributed by atoms with E-state index in [1.165, 1.54) is 25.5 Å². The second-order valence-corrected chi connectivity index (χ2v) is 7.53. The minimum Gasteiger partial charge on any atom is -0.497 e. The highest BCUT2D eigenvalue weighted by molar-refractivity contribution is 7.86. The summed E-state index contributed by atoms with van der Waals surface area (Å²) in [5.74, 6) is 0.605. The van der Waals surface area contributed by atoms with Crippen LogP contribution in [0.4, 0.5) is 4.39 Å². The van der Waals surface area contributed by atoms with Crippen LogP contribution >= 0.6 is 0 Å². The molecular formula is C14H21FN2O3S. The lowest BCUT2D eigenvalue weighted by Crippen LogP contribution is -2.47. The van der Waals surface area contributed by atoms with Gasteiger partial charge in [-0.15, -0.1) is 0 Å². The van der Waals surface area contributed by atoms with E-state index in [0.717, 1.165) is 4.31 Å². The summed E-state index contributed by atoms with van der Waals surface area (Å²) in [6, 6.07) is 6.91. The van der Waals surface area contributed by atoms with Gasteiger partial charge in [0.25, 0.3) is 10.2 Å². The summed E-state index contributed by atoms with van der Waals surface area (Å²) in [6.45, 7) is 0.350. The molecule has 0 N–H and O–H groups in total. The van der Waals surface area contributed by atoms with E-state index >= 15 is 4.39 Å². The van der Waals surface area contributed by atoms with Crippen LogP contribution in [0.2, 0.25) is 0 Å². The van der Waals surface area contributed by atoms with Crippen LogP contribution < -0.4 is 4.74 Å². The Morgan fingerprint density at radius 1 is 1.29 bits per heavy atom. The zero-order valence-corrected chi connectivity index (χ0v) is 13.4. The van der Waals surface area contributed by atoms with Crippen LogP contribution in [-0.4, -0.2) is 51.3 Å². The summed E-state index contributed by atoms with van der Waals surface area (Å²) in [5.41, 5.74) is -0.962. The van der Waals surface area contributed by atoms with Crippen molar-refractivity contribution < 1.29 is 17.5 Å². The molecule has 118 valence electrons. The molecule has 1 aliphatic heterocycles. The predicted octanol–water partition coefficient (Wildman–Crippen LogP) is 1.76. The number of halogens is 1. The fourth-order valence-corrected chi connectivity index (χ4v) is 3.60. The van der Waals surface area contributed by atoms with Crippen LogP contribution in [0.15, 0.2) is 24.3 Å². The normalized spacial score (nSPS) is 19.7. The molecule has 21 heavy (non-hydrogen) atoms. The summed E-state index contributed by atoms with van der Waals surface area (Å²) < 4.78 is 46.8. The molecule has 7 heteroatoms. The van der Waals surface area contributed by atoms with Crippen molar-refractivity contribution in [2.75, 3.05) is 34.3 Å². The molecule has 0 spiro atoms. The first-order valence-electron chi connectivity index (χ1n) is 6.81. The fourth-order valence-electron chi connectivity index (χ4n) is 2.49. The van der Waals surface area contributed by atoms with E-state index in [1.54, 1.807) is 24.3 Å². The van der Waals surface area contributed by atoms with Crippen LogP contribution in [0.25, 0.3) is 0 Å². The van der Waals surface area contributed by atoms with Gasteiger partial charge in [-0.2, -0.15) is 17.0 Å². The number of nitrogens with zero attached hydrogens (tertiary/aromatic N) is 2. The predicted molar refractivity (Wildman–Crippen MR) is 79.2 cm³/mol. The van der Waals surface area contributed by atoms with Gasteiger partial charge in [0, 0.05) is 27.2 Å². The smallest absolute Gasteiger partial charge is 0.281 e. The topological polar surface area (TPSA) is 49.9 Å². The van der Waals surface area contributed by atoms with Crippen molar-refractivity contribution in [1.82, 2.24) is 8.61 Å². The van der Waals surface area contributed by atoms with Crippen molar-refractivity contribution in [2.45, 2.75) is 18.5 Å². The van der Waals surface area contributed by atoms with Gasteiger partial charge in [-0.25, -0.2) is 4.39 Å². The van der Waals surface area contributed by atoms with Crippen molar-refractivity contribution in [3.05, 3.63) is 29.8 Å². The minimum absolute atomic E-state index is 0.146. The van der Waals surface area contributed by atoms with Gasteiger partial charge in [-0.05, 0) is 30.5 Å². The molecule has 0 radical (unpaired) electrons. The van der Waals surface area contributed by atoms with Crippen molar-refractivity contribution >= 4 is 10.2 Å². The molecule has 0 aliphatic carbocycles. The molecule has 2 rings (SSSR count). The monoisotopic (exact) mass is 316 g/mol. The Morgan fingerprint density at radius 2 is 1.90 bits per heavy atom. The number of hydrogen-bond donors (Lipinski definition) is 0. The van der Waals surface area contributed by atoms with Crippen LogP contribution in [-0.2, 0) is 15.9 Å². The highest BCUT2D eigenvalue weighted by Gasteiger charge is 2.40. The maximum atomic E-state index is 15.1. The van der Waals surface area contributed by atoms with Crippen LogP contribution in [0.3, 0.4) is 0 Å². The molecule has 0 aromatic heterocycles. The van der Waals surface area contributed by atoms with Crippen LogP contribution in [0.5, 0.6) is 5.75 Å². The van der Waals surface area contributed by atoms with Crippen molar-refractivity contribution in [3.8, 4) is 5.75 Å². The van der Waals surface area contributed by atoms with E-state index < -0.39 is 15.9 Å². The fraction of sp³-hybridized carbons (Fsp3) is 0.571. The summed E-state index contributed by atoms with van der Waals surface area (Å²) in [6.07, 6.45) is 0.292. The number of alkyl halides is 1. The highest BCUT2D eigenvalue weighted by atomic mass is 32.2. The Bertz CT molecular complexity index is 596. The molecule has 5 nitrogen and oxygen atoms in total.